The van der Waals surface area contributed by atoms with Crippen LogP contribution in [0.4, 0.5) is 15.8 Å². The monoisotopic (exact) mass is 483 g/mol. The van der Waals surface area contributed by atoms with E-state index < -0.39 is 22.6 Å². The third kappa shape index (κ3) is 4.33. The van der Waals surface area contributed by atoms with E-state index in [1.165, 1.54) is 30.3 Å². The fraction of sp³-hybridized carbons (Fsp3) is 0.280. The Hall–Kier alpha value is -3.52. The van der Waals surface area contributed by atoms with Crippen LogP contribution in [-0.4, -0.2) is 16.6 Å². The molecular weight excluding hydrogens is 461 g/mol. The molecule has 1 aliphatic heterocycles. The van der Waals surface area contributed by atoms with Gasteiger partial charge in [-0.15, -0.1) is 0 Å². The van der Waals surface area contributed by atoms with Crippen LogP contribution in [0.25, 0.3) is 0 Å². The molecule has 1 aliphatic carbocycles. The summed E-state index contributed by atoms with van der Waals surface area (Å²) in [4.78, 5) is 37.7. The number of dihydropyridines is 1. The summed E-state index contributed by atoms with van der Waals surface area (Å²) in [5.41, 5.74) is 1.51. The van der Waals surface area contributed by atoms with E-state index in [1.54, 1.807) is 19.1 Å². The van der Waals surface area contributed by atoms with E-state index in [0.717, 1.165) is 0 Å². The molecule has 34 heavy (non-hydrogen) atoms. The van der Waals surface area contributed by atoms with E-state index >= 15 is 0 Å². The molecule has 2 N–H and O–H groups in total. The van der Waals surface area contributed by atoms with Crippen molar-refractivity contribution in [1.29, 1.82) is 0 Å². The molecule has 0 bridgehead atoms. The second-order valence-corrected chi connectivity index (χ2v) is 9.74. The second-order valence-electron chi connectivity index (χ2n) is 9.33. The van der Waals surface area contributed by atoms with Crippen molar-refractivity contribution in [3.05, 3.63) is 91.5 Å². The largest absolute Gasteiger partial charge is 0.362 e. The maximum atomic E-state index is 14.2. The van der Waals surface area contributed by atoms with Gasteiger partial charge >= 0.3 is 0 Å². The quantitative estimate of drug-likeness (QED) is 0.433. The fourth-order valence-corrected chi connectivity index (χ4v) is 4.86. The number of carbonyl (C=O) groups is 2. The Morgan fingerprint density at radius 1 is 1.24 bits per heavy atom. The Labute approximate surface area is 200 Å². The SMILES string of the molecule is CC1=C(C(=O)Nc2ccccc2F)C(c2ccc(Cl)c([N+](=O)[O-])c2)C2=C(CC(C)(C)CC2=O)N1. The number of nitro groups is 1. The molecule has 0 radical (unpaired) electrons. The minimum Gasteiger partial charge on any atom is -0.362 e. The average Bonchev–Trinajstić information content (AvgIpc) is 2.73. The second kappa shape index (κ2) is 8.68. The van der Waals surface area contributed by atoms with Crippen LogP contribution >= 0.6 is 11.6 Å². The first-order chi connectivity index (χ1) is 16.0. The maximum absolute atomic E-state index is 14.2. The van der Waals surface area contributed by atoms with Gasteiger partial charge in [0.15, 0.2) is 5.78 Å². The Morgan fingerprint density at radius 2 is 1.94 bits per heavy atom. The zero-order valence-electron chi connectivity index (χ0n) is 18.9. The van der Waals surface area contributed by atoms with E-state index in [1.807, 2.05) is 13.8 Å². The van der Waals surface area contributed by atoms with Crippen molar-refractivity contribution in [2.24, 2.45) is 5.41 Å². The van der Waals surface area contributed by atoms with E-state index in [0.29, 0.717) is 29.0 Å². The number of anilines is 1. The van der Waals surface area contributed by atoms with Gasteiger partial charge in [0, 0.05) is 40.9 Å². The van der Waals surface area contributed by atoms with Crippen LogP contribution in [0.3, 0.4) is 0 Å². The number of nitro benzene ring substituents is 1. The number of allylic oxidation sites excluding steroid dienone is 3. The molecule has 1 heterocycles. The van der Waals surface area contributed by atoms with Gasteiger partial charge < -0.3 is 10.6 Å². The number of nitrogens with zero attached hydrogens (tertiary/aromatic N) is 1. The van der Waals surface area contributed by atoms with E-state index in [4.69, 9.17) is 11.6 Å². The summed E-state index contributed by atoms with van der Waals surface area (Å²) >= 11 is 6.02. The molecule has 1 amide bonds. The summed E-state index contributed by atoms with van der Waals surface area (Å²) in [6.07, 6.45) is 0.834. The lowest BCUT2D eigenvalue weighted by atomic mass is 9.68. The number of hydrogen-bond acceptors (Lipinski definition) is 5. The molecule has 0 saturated carbocycles. The molecule has 2 aliphatic rings. The van der Waals surface area contributed by atoms with Gasteiger partial charge in [-0.2, -0.15) is 0 Å². The Morgan fingerprint density at radius 3 is 2.62 bits per heavy atom. The van der Waals surface area contributed by atoms with Crippen molar-refractivity contribution in [3.63, 3.8) is 0 Å². The van der Waals surface area contributed by atoms with Crippen LogP contribution in [-0.2, 0) is 9.59 Å². The highest BCUT2D eigenvalue weighted by Gasteiger charge is 2.43. The van der Waals surface area contributed by atoms with Crippen LogP contribution < -0.4 is 10.6 Å². The van der Waals surface area contributed by atoms with Crippen LogP contribution in [0.15, 0.2) is 65.0 Å². The standard InChI is InChI=1S/C25H23ClFN3O4/c1-13-21(24(32)29-17-7-5-4-6-16(17)27)22(14-8-9-15(26)19(10-14)30(33)34)23-18(28-13)11-25(2,3)12-20(23)31/h4-10,22,28H,11-12H2,1-3H3,(H,29,32). The van der Waals surface area contributed by atoms with Gasteiger partial charge in [0.05, 0.1) is 10.6 Å². The summed E-state index contributed by atoms with van der Waals surface area (Å²) in [5.74, 6) is -2.23. The molecule has 0 spiro atoms. The molecule has 7 nitrogen and oxygen atoms in total. The van der Waals surface area contributed by atoms with E-state index in [2.05, 4.69) is 10.6 Å². The normalized spacial score (nSPS) is 19.4. The Balaban J connectivity index is 1.87. The minimum absolute atomic E-state index is 0.00971. The number of Topliss-reactive ketones (excluding diaryl/α,β-unsaturated/α-hetero) is 1. The van der Waals surface area contributed by atoms with Crippen molar-refractivity contribution in [3.8, 4) is 0 Å². The van der Waals surface area contributed by atoms with Gasteiger partial charge in [-0.1, -0.05) is 43.6 Å². The lowest BCUT2D eigenvalue weighted by Crippen LogP contribution is -2.39. The summed E-state index contributed by atoms with van der Waals surface area (Å²) in [5, 5.41) is 17.3. The number of nitrogens with one attached hydrogen (secondary N) is 2. The highest BCUT2D eigenvalue weighted by Crippen LogP contribution is 2.47. The minimum atomic E-state index is -0.873. The summed E-state index contributed by atoms with van der Waals surface area (Å²) < 4.78 is 14.2. The number of para-hydroxylation sites is 1. The topological polar surface area (TPSA) is 101 Å². The lowest BCUT2D eigenvalue weighted by molar-refractivity contribution is -0.384. The zero-order chi connectivity index (χ0) is 24.8. The van der Waals surface area contributed by atoms with Crippen LogP contribution in [0.2, 0.25) is 5.02 Å². The number of amides is 1. The molecule has 1 atom stereocenters. The van der Waals surface area contributed by atoms with Crippen LogP contribution in [0.1, 0.15) is 45.1 Å². The highest BCUT2D eigenvalue weighted by molar-refractivity contribution is 6.32. The molecule has 4 rings (SSSR count). The van der Waals surface area contributed by atoms with Gasteiger partial charge in [-0.05, 0) is 42.5 Å². The zero-order valence-corrected chi connectivity index (χ0v) is 19.6. The summed E-state index contributed by atoms with van der Waals surface area (Å²) in [6.45, 7) is 5.67. The molecule has 9 heteroatoms. The Bertz CT molecular complexity index is 1300. The van der Waals surface area contributed by atoms with Gasteiger partial charge in [0.2, 0.25) is 0 Å². The molecule has 0 fully saturated rings. The third-order valence-corrected chi connectivity index (χ3v) is 6.43. The van der Waals surface area contributed by atoms with E-state index in [-0.39, 0.29) is 39.6 Å². The lowest BCUT2D eigenvalue weighted by Gasteiger charge is -2.39. The van der Waals surface area contributed by atoms with Crippen LogP contribution in [0, 0.1) is 21.3 Å². The first-order valence-corrected chi connectivity index (χ1v) is 11.1. The van der Waals surface area contributed by atoms with Crippen LogP contribution in [0.5, 0.6) is 0 Å². The Kier molecular flexibility index (Phi) is 6.03. The van der Waals surface area contributed by atoms with Gasteiger partial charge in [0.1, 0.15) is 10.8 Å². The smallest absolute Gasteiger partial charge is 0.288 e. The maximum Gasteiger partial charge on any atom is 0.288 e. The number of rotatable bonds is 4. The predicted molar refractivity (Wildman–Crippen MR) is 127 cm³/mol. The number of carbonyl (C=O) groups excluding carboxylic acids is 2. The first kappa shape index (κ1) is 23.6. The van der Waals surface area contributed by atoms with Crippen molar-refractivity contribution in [2.75, 3.05) is 5.32 Å². The van der Waals surface area contributed by atoms with E-state index in [9.17, 15) is 24.1 Å². The van der Waals surface area contributed by atoms with Crippen molar-refractivity contribution in [2.45, 2.75) is 39.5 Å². The third-order valence-electron chi connectivity index (χ3n) is 6.11. The highest BCUT2D eigenvalue weighted by atomic mass is 35.5. The number of ketones is 1. The average molecular weight is 484 g/mol. The molecule has 0 aromatic heterocycles. The fourth-order valence-electron chi connectivity index (χ4n) is 4.67. The summed E-state index contributed by atoms with van der Waals surface area (Å²) in [6, 6.07) is 10.0. The van der Waals surface area contributed by atoms with Gasteiger partial charge in [0.25, 0.3) is 11.6 Å². The van der Waals surface area contributed by atoms with Gasteiger partial charge in [-0.3, -0.25) is 19.7 Å². The molecule has 2 aromatic carbocycles. The molecule has 2 aromatic rings. The molecule has 1 unspecified atom stereocenters. The predicted octanol–water partition coefficient (Wildman–Crippen LogP) is 5.63. The molecule has 176 valence electrons. The number of benzene rings is 2. The van der Waals surface area contributed by atoms with Gasteiger partial charge in [-0.25, -0.2) is 4.39 Å². The molecular formula is C25H23ClFN3O4. The number of halogens is 2. The first-order valence-electron chi connectivity index (χ1n) is 10.7. The van der Waals surface area contributed by atoms with Crippen molar-refractivity contribution in [1.82, 2.24) is 5.32 Å². The van der Waals surface area contributed by atoms with Crippen molar-refractivity contribution >= 4 is 34.7 Å². The molecule has 0 saturated heterocycles. The number of hydrogen-bond donors (Lipinski definition) is 2. The summed E-state index contributed by atoms with van der Waals surface area (Å²) in [7, 11) is 0. The van der Waals surface area contributed by atoms with Crippen molar-refractivity contribution < 1.29 is 18.9 Å².